The number of nitrogens with zero attached hydrogens (tertiary/aromatic N) is 1. The van der Waals surface area contributed by atoms with Crippen LogP contribution in [0.5, 0.6) is 0 Å². The van der Waals surface area contributed by atoms with Gasteiger partial charge in [-0.3, -0.25) is 4.79 Å². The average Bonchev–Trinajstić information content (AvgIpc) is 2.41. The van der Waals surface area contributed by atoms with Gasteiger partial charge in [-0.1, -0.05) is 30.3 Å². The molecule has 0 aliphatic carbocycles. The lowest BCUT2D eigenvalue weighted by atomic mass is 10.0. The first-order chi connectivity index (χ1) is 9.13. The summed E-state index contributed by atoms with van der Waals surface area (Å²) in [5, 5.41) is 3.16. The molecule has 1 aliphatic rings. The Morgan fingerprint density at radius 1 is 1.37 bits per heavy atom. The minimum atomic E-state index is -0.165. The maximum absolute atomic E-state index is 12.1. The van der Waals surface area contributed by atoms with Crippen molar-refractivity contribution >= 4 is 5.91 Å². The van der Waals surface area contributed by atoms with Gasteiger partial charge in [-0.05, 0) is 19.4 Å². The Morgan fingerprint density at radius 3 is 2.58 bits per heavy atom. The Labute approximate surface area is 114 Å². The van der Waals surface area contributed by atoms with E-state index in [9.17, 15) is 4.79 Å². The molecule has 0 spiro atoms. The molecule has 19 heavy (non-hydrogen) atoms. The molecule has 4 nitrogen and oxygen atoms in total. The Kier molecular flexibility index (Phi) is 4.56. The number of carbonyl (C=O) groups is 1. The number of hydrogen-bond acceptors (Lipinski definition) is 3. The van der Waals surface area contributed by atoms with Gasteiger partial charge >= 0.3 is 0 Å². The number of nitrogens with one attached hydrogen (secondary N) is 1. The summed E-state index contributed by atoms with van der Waals surface area (Å²) in [4.78, 5) is 14.0. The molecule has 1 aliphatic heterocycles. The first-order valence-electron chi connectivity index (χ1n) is 6.79. The molecule has 1 N–H and O–H groups in total. The Morgan fingerprint density at radius 2 is 2.05 bits per heavy atom. The van der Waals surface area contributed by atoms with Crippen LogP contribution in [0.1, 0.15) is 19.4 Å². The number of rotatable bonds is 6. The van der Waals surface area contributed by atoms with E-state index in [2.05, 4.69) is 5.32 Å². The minimum absolute atomic E-state index is 0.0551. The number of benzene rings is 1. The number of ether oxygens (including phenoxy) is 1. The molecular formula is C15H22N2O2. The maximum Gasteiger partial charge on any atom is 0.248 e. The summed E-state index contributed by atoms with van der Waals surface area (Å²) in [6, 6.07) is 10.0. The van der Waals surface area contributed by atoms with E-state index in [0.29, 0.717) is 13.1 Å². The largest absolute Gasteiger partial charge is 0.363 e. The monoisotopic (exact) mass is 262 g/mol. The van der Waals surface area contributed by atoms with E-state index in [1.54, 1.807) is 0 Å². The van der Waals surface area contributed by atoms with Crippen molar-refractivity contribution < 1.29 is 9.53 Å². The van der Waals surface area contributed by atoms with Crippen LogP contribution in [-0.4, -0.2) is 42.6 Å². The van der Waals surface area contributed by atoms with Gasteiger partial charge in [0.1, 0.15) is 6.61 Å². The van der Waals surface area contributed by atoms with Crippen LogP contribution in [0.3, 0.4) is 0 Å². The highest BCUT2D eigenvalue weighted by atomic mass is 16.5. The molecule has 0 unspecified atom stereocenters. The Bertz CT molecular complexity index is 415. The van der Waals surface area contributed by atoms with Gasteiger partial charge < -0.3 is 15.0 Å². The van der Waals surface area contributed by atoms with Gasteiger partial charge in [0.05, 0.1) is 5.60 Å². The normalized spacial score (nSPS) is 16.7. The van der Waals surface area contributed by atoms with Crippen LogP contribution in [0.15, 0.2) is 30.3 Å². The van der Waals surface area contributed by atoms with Gasteiger partial charge in [-0.25, -0.2) is 0 Å². The summed E-state index contributed by atoms with van der Waals surface area (Å²) in [5.41, 5.74) is 0.983. The Hall–Kier alpha value is -1.39. The lowest BCUT2D eigenvalue weighted by Crippen LogP contribution is -2.59. The third kappa shape index (κ3) is 3.78. The quantitative estimate of drug-likeness (QED) is 0.843. The van der Waals surface area contributed by atoms with Gasteiger partial charge in [-0.15, -0.1) is 0 Å². The third-order valence-electron chi connectivity index (χ3n) is 3.49. The summed E-state index contributed by atoms with van der Waals surface area (Å²) in [6.45, 7) is 7.19. The fourth-order valence-corrected chi connectivity index (χ4v) is 2.09. The van der Waals surface area contributed by atoms with Crippen molar-refractivity contribution in [2.75, 3.05) is 26.2 Å². The molecule has 0 atom stereocenters. The van der Waals surface area contributed by atoms with E-state index < -0.39 is 0 Å². The van der Waals surface area contributed by atoms with Crippen LogP contribution in [0.25, 0.3) is 0 Å². The molecule has 1 heterocycles. The molecule has 1 amide bonds. The highest BCUT2D eigenvalue weighted by Gasteiger charge is 2.33. The molecule has 1 aromatic rings. The van der Waals surface area contributed by atoms with Crippen molar-refractivity contribution in [1.29, 1.82) is 0 Å². The smallest absolute Gasteiger partial charge is 0.248 e. The second kappa shape index (κ2) is 6.17. The zero-order valence-corrected chi connectivity index (χ0v) is 11.7. The van der Waals surface area contributed by atoms with Crippen LogP contribution < -0.4 is 5.32 Å². The fraction of sp³-hybridized carbons (Fsp3) is 0.533. The third-order valence-corrected chi connectivity index (χ3v) is 3.49. The molecule has 2 rings (SSSR count). The number of amides is 1. The van der Waals surface area contributed by atoms with E-state index in [1.165, 1.54) is 0 Å². The van der Waals surface area contributed by atoms with Crippen molar-refractivity contribution in [3.05, 3.63) is 35.9 Å². The molecule has 0 aromatic heterocycles. The van der Waals surface area contributed by atoms with Gasteiger partial charge in [0, 0.05) is 26.2 Å². The summed E-state index contributed by atoms with van der Waals surface area (Å²) < 4.78 is 5.69. The summed E-state index contributed by atoms with van der Waals surface area (Å²) >= 11 is 0. The van der Waals surface area contributed by atoms with Crippen molar-refractivity contribution in [1.82, 2.24) is 10.2 Å². The van der Waals surface area contributed by atoms with Crippen LogP contribution in [0.2, 0.25) is 0 Å². The van der Waals surface area contributed by atoms with Crippen LogP contribution >= 0.6 is 0 Å². The molecular weight excluding hydrogens is 240 g/mol. The van der Waals surface area contributed by atoms with Crippen molar-refractivity contribution in [3.8, 4) is 0 Å². The maximum atomic E-state index is 12.1. The van der Waals surface area contributed by atoms with Crippen LogP contribution in [0, 0.1) is 0 Å². The van der Waals surface area contributed by atoms with E-state index in [1.807, 2.05) is 49.1 Å². The molecule has 4 heteroatoms. The van der Waals surface area contributed by atoms with E-state index >= 15 is 0 Å². The standard InChI is InChI=1S/C15H22N2O2/c1-3-17(9-13-7-5-4-6-8-13)14(18)10-19-15(2)11-16-12-15/h4-8,16H,3,9-12H2,1-2H3. The first-order valence-corrected chi connectivity index (χ1v) is 6.79. The summed E-state index contributed by atoms with van der Waals surface area (Å²) in [5.74, 6) is 0.0551. The zero-order valence-electron chi connectivity index (χ0n) is 11.7. The lowest BCUT2D eigenvalue weighted by molar-refractivity contribution is -0.146. The zero-order chi connectivity index (χ0) is 13.7. The topological polar surface area (TPSA) is 41.6 Å². The second-order valence-corrected chi connectivity index (χ2v) is 5.24. The SMILES string of the molecule is CCN(Cc1ccccc1)C(=O)COC1(C)CNC1. The molecule has 1 aromatic carbocycles. The molecule has 0 bridgehead atoms. The highest BCUT2D eigenvalue weighted by molar-refractivity contribution is 5.77. The number of hydrogen-bond donors (Lipinski definition) is 1. The van der Waals surface area contributed by atoms with Gasteiger partial charge in [0.15, 0.2) is 0 Å². The van der Waals surface area contributed by atoms with Crippen molar-refractivity contribution in [2.24, 2.45) is 0 Å². The first kappa shape index (κ1) is 14.0. The van der Waals surface area contributed by atoms with Crippen molar-refractivity contribution in [2.45, 2.75) is 26.0 Å². The van der Waals surface area contributed by atoms with Gasteiger partial charge in [0.25, 0.3) is 0 Å². The van der Waals surface area contributed by atoms with E-state index in [0.717, 1.165) is 18.7 Å². The van der Waals surface area contributed by atoms with E-state index in [-0.39, 0.29) is 18.1 Å². The molecule has 1 saturated heterocycles. The lowest BCUT2D eigenvalue weighted by Gasteiger charge is -2.39. The summed E-state index contributed by atoms with van der Waals surface area (Å²) in [6.07, 6.45) is 0. The highest BCUT2D eigenvalue weighted by Crippen LogP contribution is 2.15. The van der Waals surface area contributed by atoms with Gasteiger partial charge in [0.2, 0.25) is 5.91 Å². The summed E-state index contributed by atoms with van der Waals surface area (Å²) in [7, 11) is 0. The van der Waals surface area contributed by atoms with Crippen LogP contribution in [0.4, 0.5) is 0 Å². The predicted molar refractivity (Wildman–Crippen MR) is 74.8 cm³/mol. The van der Waals surface area contributed by atoms with Gasteiger partial charge in [-0.2, -0.15) is 0 Å². The molecule has 1 fully saturated rings. The predicted octanol–water partition coefficient (Wildman–Crippen LogP) is 1.41. The Balaban J connectivity index is 1.84. The minimum Gasteiger partial charge on any atom is -0.363 e. The van der Waals surface area contributed by atoms with Crippen molar-refractivity contribution in [3.63, 3.8) is 0 Å². The number of carbonyl (C=O) groups excluding carboxylic acids is 1. The molecule has 0 radical (unpaired) electrons. The molecule has 0 saturated carbocycles. The number of likely N-dealkylation sites (N-methyl/N-ethyl adjacent to an activating group) is 1. The second-order valence-electron chi connectivity index (χ2n) is 5.24. The average molecular weight is 262 g/mol. The molecule has 104 valence electrons. The fourth-order valence-electron chi connectivity index (χ4n) is 2.09. The van der Waals surface area contributed by atoms with Crippen LogP contribution in [-0.2, 0) is 16.1 Å². The van der Waals surface area contributed by atoms with E-state index in [4.69, 9.17) is 4.74 Å².